The molecule has 0 unspecified atom stereocenters. The topological polar surface area (TPSA) is 72.5 Å². The third-order valence-electron chi connectivity index (χ3n) is 2.53. The molecule has 0 saturated heterocycles. The van der Waals surface area contributed by atoms with Crippen molar-refractivity contribution in [2.45, 2.75) is 32.2 Å². The van der Waals surface area contributed by atoms with Crippen molar-refractivity contribution in [1.82, 2.24) is 0 Å². The smallest absolute Gasteiger partial charge is 0.320 e. The van der Waals surface area contributed by atoms with Gasteiger partial charge in [0.1, 0.15) is 11.8 Å². The minimum absolute atomic E-state index is 0. The Balaban J connectivity index is 0.00000289. The van der Waals surface area contributed by atoms with Gasteiger partial charge in [0, 0.05) is 0 Å². The number of aliphatic carboxylic acids is 1. The van der Waals surface area contributed by atoms with Gasteiger partial charge in [-0.3, -0.25) is 4.79 Å². The fraction of sp³-hybridized carbons (Fsp3) is 0.462. The van der Waals surface area contributed by atoms with Gasteiger partial charge in [-0.25, -0.2) is 0 Å². The summed E-state index contributed by atoms with van der Waals surface area (Å²) >= 11 is 0. The Bertz CT molecular complexity index is 354. The first kappa shape index (κ1) is 16.7. The van der Waals surface area contributed by atoms with Crippen molar-refractivity contribution >= 4 is 18.4 Å². The number of carbonyl (C=O) groups is 1. The normalized spacial score (nSPS) is 11.4. The molecule has 0 amide bonds. The van der Waals surface area contributed by atoms with Crippen LogP contribution in [0.2, 0.25) is 0 Å². The summed E-state index contributed by atoms with van der Waals surface area (Å²) in [6, 6.07) is 7.10. The first-order valence-corrected chi connectivity index (χ1v) is 5.83. The Morgan fingerprint density at radius 3 is 2.50 bits per heavy atom. The Morgan fingerprint density at radius 1 is 1.39 bits per heavy atom. The molecule has 1 atom stereocenters. The van der Waals surface area contributed by atoms with E-state index in [-0.39, 0.29) is 12.4 Å². The monoisotopic (exact) mass is 273 g/mol. The predicted molar refractivity (Wildman–Crippen MR) is 73.4 cm³/mol. The summed E-state index contributed by atoms with van der Waals surface area (Å²) in [6.07, 6.45) is 2.12. The molecule has 1 aromatic carbocycles. The van der Waals surface area contributed by atoms with Crippen LogP contribution in [-0.2, 0) is 11.2 Å². The second-order valence-corrected chi connectivity index (χ2v) is 3.91. The van der Waals surface area contributed by atoms with E-state index in [1.807, 2.05) is 31.2 Å². The number of hydrogen-bond donors (Lipinski definition) is 2. The van der Waals surface area contributed by atoms with Gasteiger partial charge >= 0.3 is 5.97 Å². The van der Waals surface area contributed by atoms with Crippen LogP contribution < -0.4 is 10.5 Å². The van der Waals surface area contributed by atoms with E-state index in [1.54, 1.807) is 0 Å². The lowest BCUT2D eigenvalue weighted by molar-refractivity contribution is -0.138. The number of carboxylic acid groups (broad SMARTS) is 1. The molecule has 5 heteroatoms. The molecule has 102 valence electrons. The second kappa shape index (κ2) is 8.78. The zero-order valence-electron chi connectivity index (χ0n) is 10.5. The molecule has 0 radical (unpaired) electrons. The van der Waals surface area contributed by atoms with Gasteiger partial charge < -0.3 is 15.6 Å². The van der Waals surface area contributed by atoms with Crippen molar-refractivity contribution in [2.24, 2.45) is 5.73 Å². The van der Waals surface area contributed by atoms with Crippen LogP contribution in [0, 0.1) is 0 Å². The highest BCUT2D eigenvalue weighted by molar-refractivity contribution is 5.85. The number of hydrogen-bond acceptors (Lipinski definition) is 3. The molecule has 0 aromatic heterocycles. The summed E-state index contributed by atoms with van der Waals surface area (Å²) in [5.74, 6) is -0.0739. The number of ether oxygens (including phenoxy) is 1. The third-order valence-corrected chi connectivity index (χ3v) is 2.53. The number of carboxylic acids is 1. The van der Waals surface area contributed by atoms with Crippen molar-refractivity contribution < 1.29 is 14.6 Å². The average Bonchev–Trinajstić information content (AvgIpc) is 2.31. The summed E-state index contributed by atoms with van der Waals surface area (Å²) in [6.45, 7) is 2.61. The minimum atomic E-state index is -0.934. The van der Waals surface area contributed by atoms with E-state index in [9.17, 15) is 4.79 Å². The van der Waals surface area contributed by atoms with Crippen LogP contribution in [-0.4, -0.2) is 23.7 Å². The molecule has 0 fully saturated rings. The minimum Gasteiger partial charge on any atom is -0.494 e. The van der Waals surface area contributed by atoms with Crippen LogP contribution >= 0.6 is 12.4 Å². The van der Waals surface area contributed by atoms with Gasteiger partial charge in [-0.1, -0.05) is 12.1 Å². The van der Waals surface area contributed by atoms with Gasteiger partial charge in [-0.05, 0) is 43.9 Å². The molecule has 0 aliphatic carbocycles. The van der Waals surface area contributed by atoms with E-state index in [0.29, 0.717) is 13.0 Å². The molecular formula is C13H20ClNO3. The maximum absolute atomic E-state index is 10.5. The summed E-state index contributed by atoms with van der Waals surface area (Å²) < 4.78 is 5.34. The van der Waals surface area contributed by atoms with Crippen LogP contribution in [0.25, 0.3) is 0 Å². The fourth-order valence-electron chi connectivity index (χ4n) is 1.57. The van der Waals surface area contributed by atoms with Crippen LogP contribution in [0.3, 0.4) is 0 Å². The van der Waals surface area contributed by atoms with Gasteiger partial charge in [0.05, 0.1) is 6.61 Å². The molecule has 1 aromatic rings. The van der Waals surface area contributed by atoms with E-state index in [4.69, 9.17) is 15.6 Å². The summed E-state index contributed by atoms with van der Waals surface area (Å²) in [5.41, 5.74) is 6.60. The zero-order valence-corrected chi connectivity index (χ0v) is 11.3. The lowest BCUT2D eigenvalue weighted by Gasteiger charge is -2.07. The molecule has 0 saturated carbocycles. The number of aryl methyl sites for hydroxylation is 1. The largest absolute Gasteiger partial charge is 0.494 e. The standard InChI is InChI=1S/C13H19NO3.ClH/c1-2-17-11-8-6-10(7-9-11)4-3-5-12(14)13(15)16;/h6-9,12H,2-5,14H2,1H3,(H,15,16);1H/t12-;/m0./s1. The molecule has 0 heterocycles. The second-order valence-electron chi connectivity index (χ2n) is 3.91. The SMILES string of the molecule is CCOc1ccc(CCC[C@H](N)C(=O)O)cc1.Cl. The van der Waals surface area contributed by atoms with Gasteiger partial charge in [0.2, 0.25) is 0 Å². The number of halogens is 1. The van der Waals surface area contributed by atoms with Crippen LogP contribution in [0.4, 0.5) is 0 Å². The van der Waals surface area contributed by atoms with Crippen molar-refractivity contribution in [3.63, 3.8) is 0 Å². The molecule has 0 aliphatic heterocycles. The highest BCUT2D eigenvalue weighted by Crippen LogP contribution is 2.14. The first-order chi connectivity index (χ1) is 8.13. The fourth-order valence-corrected chi connectivity index (χ4v) is 1.57. The quantitative estimate of drug-likeness (QED) is 0.799. The third kappa shape index (κ3) is 5.89. The molecular weight excluding hydrogens is 254 g/mol. The van der Waals surface area contributed by atoms with Crippen LogP contribution in [0.1, 0.15) is 25.3 Å². The lowest BCUT2D eigenvalue weighted by Crippen LogP contribution is -2.29. The van der Waals surface area contributed by atoms with Crippen molar-refractivity contribution in [1.29, 1.82) is 0 Å². The van der Waals surface area contributed by atoms with Crippen LogP contribution in [0.5, 0.6) is 5.75 Å². The van der Waals surface area contributed by atoms with Crippen molar-refractivity contribution in [2.75, 3.05) is 6.61 Å². The Morgan fingerprint density at radius 2 is 2.00 bits per heavy atom. The van der Waals surface area contributed by atoms with Gasteiger partial charge in [0.15, 0.2) is 0 Å². The zero-order chi connectivity index (χ0) is 12.7. The van der Waals surface area contributed by atoms with E-state index in [2.05, 4.69) is 0 Å². The summed E-state index contributed by atoms with van der Waals surface area (Å²) in [7, 11) is 0. The van der Waals surface area contributed by atoms with Gasteiger partial charge in [-0.2, -0.15) is 0 Å². The van der Waals surface area contributed by atoms with E-state index in [1.165, 1.54) is 5.56 Å². The first-order valence-electron chi connectivity index (χ1n) is 5.83. The Labute approximate surface area is 114 Å². The van der Waals surface area contributed by atoms with Crippen molar-refractivity contribution in [3.8, 4) is 5.75 Å². The molecule has 0 aliphatic rings. The van der Waals surface area contributed by atoms with Gasteiger partial charge in [0.25, 0.3) is 0 Å². The molecule has 0 bridgehead atoms. The lowest BCUT2D eigenvalue weighted by atomic mass is 10.1. The average molecular weight is 274 g/mol. The maximum Gasteiger partial charge on any atom is 0.320 e. The highest BCUT2D eigenvalue weighted by Gasteiger charge is 2.10. The Hall–Kier alpha value is -1.26. The molecule has 3 N–H and O–H groups in total. The van der Waals surface area contributed by atoms with E-state index >= 15 is 0 Å². The predicted octanol–water partition coefficient (Wildman–Crippen LogP) is 2.24. The molecule has 1 rings (SSSR count). The molecule has 0 spiro atoms. The molecule has 18 heavy (non-hydrogen) atoms. The van der Waals surface area contributed by atoms with Crippen LogP contribution in [0.15, 0.2) is 24.3 Å². The highest BCUT2D eigenvalue weighted by atomic mass is 35.5. The Kier molecular flexibility index (Phi) is 8.16. The number of nitrogens with two attached hydrogens (primary N) is 1. The van der Waals surface area contributed by atoms with E-state index < -0.39 is 12.0 Å². The summed E-state index contributed by atoms with van der Waals surface area (Å²) in [5, 5.41) is 8.63. The molecule has 4 nitrogen and oxygen atoms in total. The number of rotatable bonds is 7. The summed E-state index contributed by atoms with van der Waals surface area (Å²) in [4.78, 5) is 10.5. The van der Waals surface area contributed by atoms with E-state index in [0.717, 1.165) is 18.6 Å². The van der Waals surface area contributed by atoms with Crippen molar-refractivity contribution in [3.05, 3.63) is 29.8 Å². The maximum atomic E-state index is 10.5. The van der Waals surface area contributed by atoms with Gasteiger partial charge in [-0.15, -0.1) is 12.4 Å². The number of benzene rings is 1.